The van der Waals surface area contributed by atoms with Gasteiger partial charge < -0.3 is 62.0 Å². The maximum absolute atomic E-state index is 10.3. The molecule has 3 aromatic rings. The quantitative estimate of drug-likeness (QED) is 0.222. The van der Waals surface area contributed by atoms with Gasteiger partial charge in [0.15, 0.2) is 11.5 Å². The van der Waals surface area contributed by atoms with Crippen molar-refractivity contribution < 1.29 is 66.4 Å². The van der Waals surface area contributed by atoms with Gasteiger partial charge in [-0.25, -0.2) is 4.42 Å². The van der Waals surface area contributed by atoms with Crippen LogP contribution in [0.1, 0.15) is 0 Å². The van der Waals surface area contributed by atoms with Gasteiger partial charge in [0.1, 0.15) is 35.2 Å². The van der Waals surface area contributed by atoms with Crippen LogP contribution in [0, 0.1) is 0 Å². The standard InChI is InChI=1S/C22H22O11.ClH/c1-29-15-3-9(4-16(30-2)19(15)27)21-17(33-22-20(28)18(26)13(25)8-31-22)7-11-12(24)5-10(23)6-14(11)32-21;/h3-7,13,18,20,22,25-26,28H,8H2,1-2H3,(H2-,23,24,27);1H. The van der Waals surface area contributed by atoms with Gasteiger partial charge >= 0.3 is 11.3 Å². The summed E-state index contributed by atoms with van der Waals surface area (Å²) in [6.45, 7) is -0.289. The van der Waals surface area contributed by atoms with Crippen molar-refractivity contribution in [1.82, 2.24) is 0 Å². The van der Waals surface area contributed by atoms with E-state index in [1.54, 1.807) is 0 Å². The molecule has 0 bridgehead atoms. The number of fused-ring (bicyclic) bond motifs is 1. The fourth-order valence-corrected chi connectivity index (χ4v) is 3.51. The summed E-state index contributed by atoms with van der Waals surface area (Å²) in [5.41, 5.74) is 0.411. The van der Waals surface area contributed by atoms with Crippen molar-refractivity contribution in [2.75, 3.05) is 20.8 Å². The third-order valence-electron chi connectivity index (χ3n) is 5.26. The highest BCUT2D eigenvalue weighted by Gasteiger charge is 2.40. The van der Waals surface area contributed by atoms with Gasteiger partial charge in [-0.05, 0) is 0 Å². The second-order valence-electron chi connectivity index (χ2n) is 7.41. The lowest BCUT2D eigenvalue weighted by atomic mass is 10.1. The smallest absolute Gasteiger partial charge is 0.402 e. The fraction of sp³-hybridized carbons (Fsp3) is 0.318. The van der Waals surface area contributed by atoms with Gasteiger partial charge in [-0.15, -0.1) is 0 Å². The van der Waals surface area contributed by atoms with Crippen LogP contribution in [0.25, 0.3) is 22.3 Å². The molecule has 2 heterocycles. The summed E-state index contributed by atoms with van der Waals surface area (Å²) in [5.74, 6) is -0.635. The van der Waals surface area contributed by atoms with Crippen molar-refractivity contribution in [3.05, 3.63) is 30.3 Å². The van der Waals surface area contributed by atoms with Crippen molar-refractivity contribution in [2.24, 2.45) is 0 Å². The number of aromatic hydroxyl groups is 3. The van der Waals surface area contributed by atoms with Crippen LogP contribution in [0.4, 0.5) is 0 Å². The monoisotopic (exact) mass is 498 g/mol. The number of methoxy groups -OCH3 is 2. The molecule has 4 unspecified atom stereocenters. The van der Waals surface area contributed by atoms with Gasteiger partial charge in [-0.2, -0.15) is 0 Å². The zero-order chi connectivity index (χ0) is 23.9. The first-order valence-electron chi connectivity index (χ1n) is 9.84. The summed E-state index contributed by atoms with van der Waals surface area (Å²) >= 11 is 0. The van der Waals surface area contributed by atoms with E-state index in [0.717, 1.165) is 6.07 Å². The normalized spacial score (nSPS) is 22.1. The van der Waals surface area contributed by atoms with E-state index in [1.165, 1.54) is 38.5 Å². The summed E-state index contributed by atoms with van der Waals surface area (Å²) in [6.07, 6.45) is -5.77. The average Bonchev–Trinajstić information content (AvgIpc) is 2.79. The number of phenols is 3. The molecule has 12 heteroatoms. The van der Waals surface area contributed by atoms with E-state index in [9.17, 15) is 30.6 Å². The summed E-state index contributed by atoms with van der Waals surface area (Å²) in [5, 5.41) is 60.5. The van der Waals surface area contributed by atoms with Gasteiger partial charge in [0.25, 0.3) is 0 Å². The molecule has 1 fully saturated rings. The predicted octanol–water partition coefficient (Wildman–Crippen LogP) is -1.66. The molecule has 34 heavy (non-hydrogen) atoms. The number of ether oxygens (including phenoxy) is 4. The molecule has 0 aliphatic carbocycles. The van der Waals surface area contributed by atoms with Gasteiger partial charge in [0.05, 0.1) is 32.5 Å². The van der Waals surface area contributed by atoms with E-state index in [2.05, 4.69) is 0 Å². The Bertz CT molecular complexity index is 1160. The molecule has 0 saturated carbocycles. The summed E-state index contributed by atoms with van der Waals surface area (Å²) in [6, 6.07) is 6.66. The first-order chi connectivity index (χ1) is 15.7. The summed E-state index contributed by atoms with van der Waals surface area (Å²) in [7, 11) is 2.70. The number of rotatable bonds is 5. The third-order valence-corrected chi connectivity index (χ3v) is 5.26. The molecule has 1 saturated heterocycles. The Labute approximate surface area is 199 Å². The lowest BCUT2D eigenvalue weighted by Crippen LogP contribution is -3.00. The molecule has 0 spiro atoms. The van der Waals surface area contributed by atoms with Crippen LogP contribution in [-0.2, 0) is 4.74 Å². The maximum atomic E-state index is 10.3. The highest BCUT2D eigenvalue weighted by Crippen LogP contribution is 2.45. The molecular weight excluding hydrogens is 476 g/mol. The van der Waals surface area contributed by atoms with Gasteiger partial charge in [0, 0.05) is 24.3 Å². The number of phenolic OH excluding ortho intramolecular Hbond substituents is 3. The van der Waals surface area contributed by atoms with Crippen LogP contribution in [0.15, 0.2) is 34.7 Å². The second kappa shape index (κ2) is 9.95. The maximum Gasteiger partial charge on any atom is 0.402 e. The average molecular weight is 499 g/mol. The molecule has 1 aliphatic rings. The number of aliphatic hydroxyl groups is 3. The Hall–Kier alpha value is -3.22. The fourth-order valence-electron chi connectivity index (χ4n) is 3.51. The minimum absolute atomic E-state index is 0. The topological polar surface area (TPSA) is 170 Å². The van der Waals surface area contributed by atoms with Crippen molar-refractivity contribution in [1.29, 1.82) is 0 Å². The minimum Gasteiger partial charge on any atom is -1.00 e. The molecule has 0 radical (unpaired) electrons. The third kappa shape index (κ3) is 4.56. The number of hydrogen-bond donors (Lipinski definition) is 6. The van der Waals surface area contributed by atoms with Crippen LogP contribution in [0.2, 0.25) is 0 Å². The number of aliphatic hydroxyl groups excluding tert-OH is 3. The molecule has 11 nitrogen and oxygen atoms in total. The molecule has 4 rings (SSSR count). The van der Waals surface area contributed by atoms with Crippen LogP contribution in [0.5, 0.6) is 34.5 Å². The number of halogens is 1. The lowest BCUT2D eigenvalue weighted by molar-refractivity contribution is -0.242. The van der Waals surface area contributed by atoms with E-state index in [-0.39, 0.29) is 70.2 Å². The van der Waals surface area contributed by atoms with Crippen LogP contribution < -0.4 is 26.6 Å². The van der Waals surface area contributed by atoms with E-state index in [0.29, 0.717) is 5.56 Å². The molecule has 4 atom stereocenters. The van der Waals surface area contributed by atoms with Crippen LogP contribution in [0.3, 0.4) is 0 Å². The highest BCUT2D eigenvalue weighted by atomic mass is 35.5. The Morgan fingerprint density at radius 3 is 2.15 bits per heavy atom. The molecular formula is C22H23ClO11. The SMILES string of the molecule is COc1cc(-c2[o+]c3cc(O)cc(O)c3cc2OC2OCC(O)C(O)C2O)cc(OC)c1O.[Cl-]. The molecule has 1 aromatic heterocycles. The Morgan fingerprint density at radius 2 is 1.53 bits per heavy atom. The predicted molar refractivity (Wildman–Crippen MR) is 113 cm³/mol. The molecule has 6 N–H and O–H groups in total. The lowest BCUT2D eigenvalue weighted by Gasteiger charge is -2.34. The van der Waals surface area contributed by atoms with Gasteiger partial charge in [0.2, 0.25) is 17.8 Å². The largest absolute Gasteiger partial charge is 1.00 e. The minimum atomic E-state index is -1.59. The van der Waals surface area contributed by atoms with E-state index < -0.39 is 24.6 Å². The van der Waals surface area contributed by atoms with Crippen LogP contribution >= 0.6 is 0 Å². The summed E-state index contributed by atoms with van der Waals surface area (Å²) in [4.78, 5) is 0. The van der Waals surface area contributed by atoms with Crippen molar-refractivity contribution in [3.8, 4) is 45.8 Å². The van der Waals surface area contributed by atoms with E-state index in [4.69, 9.17) is 23.4 Å². The number of hydrogen-bond acceptors (Lipinski definition) is 10. The first-order valence-corrected chi connectivity index (χ1v) is 9.84. The zero-order valence-corrected chi connectivity index (χ0v) is 18.8. The van der Waals surface area contributed by atoms with Gasteiger partial charge in [-0.1, -0.05) is 0 Å². The Kier molecular flexibility index (Phi) is 7.44. The van der Waals surface area contributed by atoms with Crippen molar-refractivity contribution in [2.45, 2.75) is 24.6 Å². The number of benzene rings is 2. The second-order valence-corrected chi connectivity index (χ2v) is 7.41. The molecule has 1 aliphatic heterocycles. The molecule has 184 valence electrons. The zero-order valence-electron chi connectivity index (χ0n) is 18.0. The van der Waals surface area contributed by atoms with E-state index >= 15 is 0 Å². The van der Waals surface area contributed by atoms with Gasteiger partial charge in [-0.3, -0.25) is 0 Å². The molecule has 2 aromatic carbocycles. The van der Waals surface area contributed by atoms with Crippen LogP contribution in [-0.4, -0.2) is 76.1 Å². The van der Waals surface area contributed by atoms with E-state index in [1.807, 2.05) is 0 Å². The Morgan fingerprint density at radius 1 is 0.882 bits per heavy atom. The molecule has 0 amide bonds. The van der Waals surface area contributed by atoms with Crippen molar-refractivity contribution >= 4 is 11.0 Å². The Balaban J connectivity index is 0.00000324. The summed E-state index contributed by atoms with van der Waals surface area (Å²) < 4.78 is 27.4. The first kappa shape index (κ1) is 25.4. The highest BCUT2D eigenvalue weighted by molar-refractivity contribution is 5.88. The van der Waals surface area contributed by atoms with Crippen molar-refractivity contribution in [3.63, 3.8) is 0 Å².